The number of hydrogen-bond acceptors (Lipinski definition) is 2. The number of aliphatic carboxylic acids is 1. The summed E-state index contributed by atoms with van der Waals surface area (Å²) in [5.41, 5.74) is 0. The maximum absolute atomic E-state index is 11.7. The summed E-state index contributed by atoms with van der Waals surface area (Å²) in [4.78, 5) is 10.3. The van der Waals surface area contributed by atoms with Crippen LogP contribution in [0.1, 0.15) is 26.2 Å². The van der Waals surface area contributed by atoms with Gasteiger partial charge in [-0.2, -0.15) is 13.2 Å². The van der Waals surface area contributed by atoms with E-state index in [2.05, 4.69) is 0 Å². The predicted molar refractivity (Wildman–Crippen MR) is 49.5 cm³/mol. The SMILES string of the molecule is CC(SCCCCC(F)(F)F)C(=O)O. The fourth-order valence-corrected chi connectivity index (χ4v) is 1.63. The average Bonchev–Trinajstić information content (AvgIpc) is 2.01. The molecule has 0 rings (SSSR count). The third-order valence-electron chi connectivity index (χ3n) is 1.57. The van der Waals surface area contributed by atoms with Crippen LogP contribution in [-0.2, 0) is 4.79 Å². The maximum Gasteiger partial charge on any atom is 0.389 e. The second-order valence-electron chi connectivity index (χ2n) is 2.92. The number of hydrogen-bond donors (Lipinski definition) is 1. The van der Waals surface area contributed by atoms with Crippen molar-refractivity contribution in [1.29, 1.82) is 0 Å². The van der Waals surface area contributed by atoms with Crippen molar-refractivity contribution < 1.29 is 23.1 Å². The molecule has 0 aliphatic rings. The first-order valence-corrected chi connectivity index (χ1v) is 5.29. The number of halogens is 3. The molecule has 0 saturated heterocycles. The van der Waals surface area contributed by atoms with Crippen LogP contribution in [-0.4, -0.2) is 28.3 Å². The van der Waals surface area contributed by atoms with E-state index < -0.39 is 23.8 Å². The molecule has 14 heavy (non-hydrogen) atoms. The lowest BCUT2D eigenvalue weighted by atomic mass is 10.2. The monoisotopic (exact) mass is 230 g/mol. The van der Waals surface area contributed by atoms with Crippen LogP contribution in [0.3, 0.4) is 0 Å². The standard InChI is InChI=1S/C8H13F3O2S/c1-6(7(12)13)14-5-3-2-4-8(9,10)11/h6H,2-5H2,1H3,(H,12,13). The van der Waals surface area contributed by atoms with Crippen LogP contribution >= 0.6 is 11.8 Å². The summed E-state index contributed by atoms with van der Waals surface area (Å²) >= 11 is 1.17. The molecule has 0 aliphatic heterocycles. The Kier molecular flexibility index (Phi) is 5.99. The fourth-order valence-electron chi connectivity index (χ4n) is 0.759. The Morgan fingerprint density at radius 1 is 1.43 bits per heavy atom. The highest BCUT2D eigenvalue weighted by molar-refractivity contribution is 8.00. The summed E-state index contributed by atoms with van der Waals surface area (Å²) in [5, 5.41) is 7.93. The number of unbranched alkanes of at least 4 members (excludes halogenated alkanes) is 1. The third-order valence-corrected chi connectivity index (χ3v) is 2.80. The van der Waals surface area contributed by atoms with Crippen molar-refractivity contribution in [3.8, 4) is 0 Å². The van der Waals surface area contributed by atoms with E-state index in [1.165, 1.54) is 18.7 Å². The van der Waals surface area contributed by atoms with Gasteiger partial charge in [-0.25, -0.2) is 0 Å². The molecule has 0 saturated carbocycles. The lowest BCUT2D eigenvalue weighted by Gasteiger charge is -2.07. The van der Waals surface area contributed by atoms with E-state index in [0.29, 0.717) is 12.2 Å². The Morgan fingerprint density at radius 2 is 2.00 bits per heavy atom. The molecule has 0 amide bonds. The summed E-state index contributed by atoms with van der Waals surface area (Å²) in [6.07, 6.45) is -4.40. The number of carbonyl (C=O) groups is 1. The number of rotatable bonds is 6. The van der Waals surface area contributed by atoms with Crippen molar-refractivity contribution in [2.24, 2.45) is 0 Å². The van der Waals surface area contributed by atoms with Crippen LogP contribution in [0.15, 0.2) is 0 Å². The van der Waals surface area contributed by atoms with Crippen LogP contribution in [0.25, 0.3) is 0 Å². The molecule has 0 spiro atoms. The molecular weight excluding hydrogens is 217 g/mol. The van der Waals surface area contributed by atoms with E-state index in [4.69, 9.17) is 5.11 Å². The van der Waals surface area contributed by atoms with Crippen molar-refractivity contribution in [1.82, 2.24) is 0 Å². The molecule has 0 radical (unpaired) electrons. The lowest BCUT2D eigenvalue weighted by molar-refractivity contribution is -0.136. The van der Waals surface area contributed by atoms with Gasteiger partial charge in [-0.1, -0.05) is 0 Å². The molecule has 84 valence electrons. The zero-order valence-electron chi connectivity index (χ0n) is 7.80. The normalized spacial score (nSPS) is 14.0. The molecule has 0 aliphatic carbocycles. The number of alkyl halides is 3. The smallest absolute Gasteiger partial charge is 0.389 e. The summed E-state index contributed by atoms with van der Waals surface area (Å²) < 4.78 is 35.0. The molecule has 0 heterocycles. The van der Waals surface area contributed by atoms with Crippen molar-refractivity contribution in [3.05, 3.63) is 0 Å². The van der Waals surface area contributed by atoms with E-state index in [1.807, 2.05) is 0 Å². The quantitative estimate of drug-likeness (QED) is 0.713. The van der Waals surface area contributed by atoms with Gasteiger partial charge >= 0.3 is 12.1 Å². The minimum atomic E-state index is -4.09. The van der Waals surface area contributed by atoms with E-state index >= 15 is 0 Å². The molecular formula is C8H13F3O2S. The highest BCUT2D eigenvalue weighted by Crippen LogP contribution is 2.23. The Labute approximate surface area is 84.9 Å². The summed E-state index contributed by atoms with van der Waals surface area (Å²) in [6, 6.07) is 0. The van der Waals surface area contributed by atoms with Gasteiger partial charge in [0.15, 0.2) is 0 Å². The minimum Gasteiger partial charge on any atom is -0.480 e. The van der Waals surface area contributed by atoms with Gasteiger partial charge in [0.25, 0.3) is 0 Å². The van der Waals surface area contributed by atoms with Crippen molar-refractivity contribution in [3.63, 3.8) is 0 Å². The molecule has 0 aromatic carbocycles. The minimum absolute atomic E-state index is 0.0723. The Morgan fingerprint density at radius 3 is 2.43 bits per heavy atom. The number of thioether (sulfide) groups is 1. The van der Waals surface area contributed by atoms with E-state index in [0.717, 1.165) is 0 Å². The van der Waals surface area contributed by atoms with Crippen molar-refractivity contribution in [2.45, 2.75) is 37.6 Å². The highest BCUT2D eigenvalue weighted by atomic mass is 32.2. The topological polar surface area (TPSA) is 37.3 Å². The second kappa shape index (κ2) is 6.16. The van der Waals surface area contributed by atoms with Gasteiger partial charge in [0, 0.05) is 6.42 Å². The molecule has 0 aromatic rings. The fraction of sp³-hybridized carbons (Fsp3) is 0.875. The van der Waals surface area contributed by atoms with Crippen LogP contribution in [0.2, 0.25) is 0 Å². The maximum atomic E-state index is 11.7. The van der Waals surface area contributed by atoms with Crippen LogP contribution in [0.5, 0.6) is 0 Å². The van der Waals surface area contributed by atoms with Gasteiger partial charge in [-0.3, -0.25) is 4.79 Å². The zero-order chi connectivity index (χ0) is 11.2. The highest BCUT2D eigenvalue weighted by Gasteiger charge is 2.25. The van der Waals surface area contributed by atoms with E-state index in [9.17, 15) is 18.0 Å². The van der Waals surface area contributed by atoms with Gasteiger partial charge in [-0.15, -0.1) is 11.8 Å². The largest absolute Gasteiger partial charge is 0.480 e. The molecule has 6 heteroatoms. The first-order valence-electron chi connectivity index (χ1n) is 4.24. The molecule has 0 aromatic heterocycles. The van der Waals surface area contributed by atoms with Crippen LogP contribution in [0, 0.1) is 0 Å². The third kappa shape index (κ3) is 8.22. The second-order valence-corrected chi connectivity index (χ2v) is 4.37. The Balaban J connectivity index is 3.35. The van der Waals surface area contributed by atoms with E-state index in [-0.39, 0.29) is 6.42 Å². The van der Waals surface area contributed by atoms with Crippen molar-refractivity contribution in [2.75, 3.05) is 5.75 Å². The van der Waals surface area contributed by atoms with Gasteiger partial charge in [0.1, 0.15) is 0 Å². The molecule has 1 unspecified atom stereocenters. The molecule has 0 fully saturated rings. The predicted octanol–water partition coefficient (Wildman–Crippen LogP) is 2.93. The van der Waals surface area contributed by atoms with E-state index in [1.54, 1.807) is 0 Å². The zero-order valence-corrected chi connectivity index (χ0v) is 8.62. The number of carboxylic acid groups (broad SMARTS) is 1. The molecule has 0 bridgehead atoms. The molecule has 1 atom stereocenters. The molecule has 1 N–H and O–H groups in total. The Bertz CT molecular complexity index is 182. The summed E-state index contributed by atoms with van der Waals surface area (Å²) in [7, 11) is 0. The average molecular weight is 230 g/mol. The van der Waals surface area contributed by atoms with Crippen LogP contribution in [0.4, 0.5) is 13.2 Å². The van der Waals surface area contributed by atoms with Crippen LogP contribution < -0.4 is 0 Å². The Hall–Kier alpha value is -0.390. The lowest BCUT2D eigenvalue weighted by Crippen LogP contribution is -2.12. The van der Waals surface area contributed by atoms with Gasteiger partial charge in [0.2, 0.25) is 0 Å². The number of carboxylic acids is 1. The van der Waals surface area contributed by atoms with Gasteiger partial charge < -0.3 is 5.11 Å². The van der Waals surface area contributed by atoms with Gasteiger partial charge in [-0.05, 0) is 25.5 Å². The van der Waals surface area contributed by atoms with Gasteiger partial charge in [0.05, 0.1) is 5.25 Å². The summed E-state index contributed by atoms with van der Waals surface area (Å²) in [5.74, 6) is -0.463. The first-order chi connectivity index (χ1) is 6.33. The van der Waals surface area contributed by atoms with Crippen molar-refractivity contribution >= 4 is 17.7 Å². The first kappa shape index (κ1) is 13.6. The summed E-state index contributed by atoms with van der Waals surface area (Å²) in [6.45, 7) is 1.52. The molecule has 2 nitrogen and oxygen atoms in total.